The van der Waals surface area contributed by atoms with E-state index in [-0.39, 0.29) is 24.8 Å². The van der Waals surface area contributed by atoms with Crippen LogP contribution in [-0.2, 0) is 19.6 Å². The molecule has 0 saturated heterocycles. The summed E-state index contributed by atoms with van der Waals surface area (Å²) >= 11 is 0. The lowest BCUT2D eigenvalue weighted by Crippen LogP contribution is -2.33. The first-order valence-electron chi connectivity index (χ1n) is 6.12. The molecule has 0 aromatic heterocycles. The average molecular weight is 285 g/mol. The van der Waals surface area contributed by atoms with Crippen molar-refractivity contribution in [2.45, 2.75) is 19.8 Å². The normalized spacial score (nSPS) is 12.9. The van der Waals surface area contributed by atoms with Crippen LogP contribution in [0.25, 0.3) is 0 Å². The SMILES string of the molecule is CCOC(=O)CNS(=O)(=O)CC(C)c1ccccc1. The number of sulfonamides is 1. The molecule has 1 aromatic carbocycles. The Morgan fingerprint density at radius 2 is 1.95 bits per heavy atom. The Morgan fingerprint density at radius 1 is 1.32 bits per heavy atom. The van der Waals surface area contributed by atoms with Gasteiger partial charge in [0.05, 0.1) is 12.4 Å². The first-order valence-corrected chi connectivity index (χ1v) is 7.77. The molecule has 1 atom stereocenters. The van der Waals surface area contributed by atoms with Crippen LogP contribution in [0, 0.1) is 0 Å². The van der Waals surface area contributed by atoms with E-state index in [4.69, 9.17) is 0 Å². The highest BCUT2D eigenvalue weighted by atomic mass is 32.2. The average Bonchev–Trinajstić information content (AvgIpc) is 2.37. The summed E-state index contributed by atoms with van der Waals surface area (Å²) in [5.74, 6) is -0.768. The molecule has 1 unspecified atom stereocenters. The summed E-state index contributed by atoms with van der Waals surface area (Å²) in [6.45, 7) is 3.42. The van der Waals surface area contributed by atoms with Crippen LogP contribution in [0.5, 0.6) is 0 Å². The Bertz CT molecular complexity index is 499. The molecule has 0 saturated carbocycles. The second-order valence-corrected chi connectivity index (χ2v) is 6.07. The van der Waals surface area contributed by atoms with E-state index in [1.165, 1.54) is 0 Å². The Hall–Kier alpha value is -1.40. The molecule has 5 nitrogen and oxygen atoms in total. The highest BCUT2D eigenvalue weighted by Gasteiger charge is 2.18. The Labute approximate surface area is 114 Å². The Balaban J connectivity index is 2.53. The molecule has 1 N–H and O–H groups in total. The van der Waals surface area contributed by atoms with E-state index in [2.05, 4.69) is 9.46 Å². The summed E-state index contributed by atoms with van der Waals surface area (Å²) in [5, 5.41) is 0. The van der Waals surface area contributed by atoms with Crippen molar-refractivity contribution in [2.24, 2.45) is 0 Å². The van der Waals surface area contributed by atoms with Crippen molar-refractivity contribution in [2.75, 3.05) is 18.9 Å². The molecule has 1 rings (SSSR count). The molecule has 19 heavy (non-hydrogen) atoms. The summed E-state index contributed by atoms with van der Waals surface area (Å²) in [5.41, 5.74) is 0.948. The van der Waals surface area contributed by atoms with Crippen LogP contribution in [0.4, 0.5) is 0 Å². The molecule has 0 radical (unpaired) electrons. The number of hydrogen-bond donors (Lipinski definition) is 1. The highest BCUT2D eigenvalue weighted by Crippen LogP contribution is 2.16. The topological polar surface area (TPSA) is 72.5 Å². The van der Waals surface area contributed by atoms with Gasteiger partial charge in [0.1, 0.15) is 6.54 Å². The van der Waals surface area contributed by atoms with Gasteiger partial charge in [-0.1, -0.05) is 37.3 Å². The number of rotatable bonds is 7. The molecular weight excluding hydrogens is 266 g/mol. The van der Waals surface area contributed by atoms with Crippen molar-refractivity contribution in [3.63, 3.8) is 0 Å². The smallest absolute Gasteiger partial charge is 0.320 e. The maximum absolute atomic E-state index is 11.8. The lowest BCUT2D eigenvalue weighted by atomic mass is 10.0. The van der Waals surface area contributed by atoms with Crippen LogP contribution < -0.4 is 4.72 Å². The van der Waals surface area contributed by atoms with Gasteiger partial charge in [0.2, 0.25) is 10.0 Å². The van der Waals surface area contributed by atoms with Gasteiger partial charge in [-0.05, 0) is 18.4 Å². The predicted molar refractivity (Wildman–Crippen MR) is 73.3 cm³/mol. The number of ether oxygens (including phenoxy) is 1. The Kier molecular flexibility index (Phi) is 5.98. The fourth-order valence-electron chi connectivity index (χ4n) is 1.65. The maximum Gasteiger partial charge on any atom is 0.320 e. The van der Waals surface area contributed by atoms with Gasteiger partial charge < -0.3 is 4.74 Å². The van der Waals surface area contributed by atoms with Crippen LogP contribution in [0.3, 0.4) is 0 Å². The molecule has 0 bridgehead atoms. The number of carbonyl (C=O) groups is 1. The van der Waals surface area contributed by atoms with E-state index in [1.54, 1.807) is 6.92 Å². The number of benzene rings is 1. The molecule has 0 aliphatic heterocycles. The third kappa shape index (κ3) is 5.85. The van der Waals surface area contributed by atoms with Gasteiger partial charge in [-0.2, -0.15) is 0 Å². The molecular formula is C13H19NO4S. The van der Waals surface area contributed by atoms with Crippen LogP contribution in [0.1, 0.15) is 25.3 Å². The van der Waals surface area contributed by atoms with E-state index in [0.717, 1.165) is 5.56 Å². The summed E-state index contributed by atoms with van der Waals surface area (Å²) < 4.78 is 30.5. The molecule has 0 aliphatic carbocycles. The molecule has 0 amide bonds. The van der Waals surface area contributed by atoms with Gasteiger partial charge in [-0.15, -0.1) is 0 Å². The van der Waals surface area contributed by atoms with Crippen molar-refractivity contribution in [3.8, 4) is 0 Å². The van der Waals surface area contributed by atoms with Crippen molar-refractivity contribution in [3.05, 3.63) is 35.9 Å². The van der Waals surface area contributed by atoms with Gasteiger partial charge >= 0.3 is 5.97 Å². The van der Waals surface area contributed by atoms with Gasteiger partial charge in [-0.3, -0.25) is 4.79 Å². The zero-order valence-electron chi connectivity index (χ0n) is 11.1. The third-order valence-corrected chi connectivity index (χ3v) is 4.10. The van der Waals surface area contributed by atoms with Crippen molar-refractivity contribution in [1.82, 2.24) is 4.72 Å². The summed E-state index contributed by atoms with van der Waals surface area (Å²) in [7, 11) is -3.49. The molecule has 1 aromatic rings. The lowest BCUT2D eigenvalue weighted by Gasteiger charge is -2.12. The number of hydrogen-bond acceptors (Lipinski definition) is 4. The second-order valence-electron chi connectivity index (χ2n) is 4.22. The van der Waals surface area contributed by atoms with Crippen LogP contribution in [-0.4, -0.2) is 33.3 Å². The zero-order chi connectivity index (χ0) is 14.3. The largest absolute Gasteiger partial charge is 0.465 e. The summed E-state index contributed by atoms with van der Waals surface area (Å²) in [6, 6.07) is 9.37. The van der Waals surface area contributed by atoms with E-state index in [1.807, 2.05) is 37.3 Å². The van der Waals surface area contributed by atoms with Crippen LogP contribution in [0.2, 0.25) is 0 Å². The maximum atomic E-state index is 11.8. The standard InChI is InChI=1S/C13H19NO4S/c1-3-18-13(15)9-14-19(16,17)10-11(2)12-7-5-4-6-8-12/h4-8,11,14H,3,9-10H2,1-2H3. The quantitative estimate of drug-likeness (QED) is 0.766. The van der Waals surface area contributed by atoms with Gasteiger partial charge in [0.15, 0.2) is 0 Å². The number of nitrogens with one attached hydrogen (secondary N) is 1. The van der Waals surface area contributed by atoms with Crippen molar-refractivity contribution < 1.29 is 17.9 Å². The first-order chi connectivity index (χ1) is 8.94. The van der Waals surface area contributed by atoms with Gasteiger partial charge in [0, 0.05) is 0 Å². The van der Waals surface area contributed by atoms with Gasteiger partial charge in [-0.25, -0.2) is 13.1 Å². The molecule has 0 heterocycles. The Morgan fingerprint density at radius 3 is 2.53 bits per heavy atom. The van der Waals surface area contributed by atoms with E-state index >= 15 is 0 Å². The highest BCUT2D eigenvalue weighted by molar-refractivity contribution is 7.89. The lowest BCUT2D eigenvalue weighted by molar-refractivity contribution is -0.141. The van der Waals surface area contributed by atoms with Gasteiger partial charge in [0.25, 0.3) is 0 Å². The number of carbonyl (C=O) groups excluding carboxylic acids is 1. The third-order valence-electron chi connectivity index (χ3n) is 2.58. The fourth-order valence-corrected chi connectivity index (χ4v) is 2.95. The minimum absolute atomic E-state index is 0.0591. The molecule has 0 aliphatic rings. The minimum Gasteiger partial charge on any atom is -0.465 e. The van der Waals surface area contributed by atoms with Crippen molar-refractivity contribution in [1.29, 1.82) is 0 Å². The fraction of sp³-hybridized carbons (Fsp3) is 0.462. The van der Waals surface area contributed by atoms with Crippen LogP contribution >= 0.6 is 0 Å². The van der Waals surface area contributed by atoms with E-state index in [9.17, 15) is 13.2 Å². The minimum atomic E-state index is -3.49. The first kappa shape index (κ1) is 15.7. The summed E-state index contributed by atoms with van der Waals surface area (Å²) in [6.07, 6.45) is 0. The molecule has 0 fully saturated rings. The zero-order valence-corrected chi connectivity index (χ0v) is 11.9. The molecule has 6 heteroatoms. The monoisotopic (exact) mass is 285 g/mol. The number of esters is 1. The predicted octanol–water partition coefficient (Wildman–Crippen LogP) is 1.27. The molecule has 106 valence electrons. The summed E-state index contributed by atoms with van der Waals surface area (Å²) in [4.78, 5) is 11.1. The van der Waals surface area contributed by atoms with E-state index in [0.29, 0.717) is 0 Å². The second kappa shape index (κ2) is 7.25. The molecule has 0 spiro atoms. The van der Waals surface area contributed by atoms with Crippen molar-refractivity contribution >= 4 is 16.0 Å². The van der Waals surface area contributed by atoms with E-state index < -0.39 is 16.0 Å². The van der Waals surface area contributed by atoms with Crippen LogP contribution in [0.15, 0.2) is 30.3 Å².